The summed E-state index contributed by atoms with van der Waals surface area (Å²) in [5.41, 5.74) is 0.630. The Bertz CT molecular complexity index is 505. The summed E-state index contributed by atoms with van der Waals surface area (Å²) in [6, 6.07) is 3.28. The van der Waals surface area contributed by atoms with Gasteiger partial charge in [-0.1, -0.05) is 13.3 Å². The van der Waals surface area contributed by atoms with Crippen LogP contribution < -0.4 is 5.32 Å². The Balaban J connectivity index is 2.87. The molecule has 0 fully saturated rings. The van der Waals surface area contributed by atoms with E-state index >= 15 is 0 Å². The van der Waals surface area contributed by atoms with Crippen molar-refractivity contribution >= 4 is 31.6 Å². The van der Waals surface area contributed by atoms with E-state index in [1.54, 1.807) is 12.1 Å². The summed E-state index contributed by atoms with van der Waals surface area (Å²) in [6.45, 7) is 1.97. The highest BCUT2D eigenvalue weighted by Gasteiger charge is 2.09. The van der Waals surface area contributed by atoms with E-state index in [0.717, 1.165) is 6.42 Å². The van der Waals surface area contributed by atoms with Gasteiger partial charge in [-0.15, -0.1) is 0 Å². The van der Waals surface area contributed by atoms with E-state index in [-0.39, 0.29) is 5.75 Å². The van der Waals surface area contributed by atoms with Crippen LogP contribution in [0.4, 0.5) is 5.82 Å². The van der Waals surface area contributed by atoms with Crippen molar-refractivity contribution in [3.05, 3.63) is 22.3 Å². The van der Waals surface area contributed by atoms with Crippen LogP contribution >= 0.6 is 15.9 Å². The van der Waals surface area contributed by atoms with Crippen LogP contribution in [0.2, 0.25) is 0 Å². The summed E-state index contributed by atoms with van der Waals surface area (Å²) in [7, 11) is -3.09. The van der Waals surface area contributed by atoms with Crippen LogP contribution in [-0.2, 0) is 15.6 Å². The van der Waals surface area contributed by atoms with Gasteiger partial charge >= 0.3 is 0 Å². The molecule has 0 saturated heterocycles. The second-order valence-electron chi connectivity index (χ2n) is 4.20. The average molecular weight is 337 g/mol. The lowest BCUT2D eigenvalue weighted by molar-refractivity contribution is 0.191. The monoisotopic (exact) mass is 336 g/mol. The standard InChI is InChI=1S/C11H17BrN2O3S/c1-3-4-11(15)14-10-6-8(5-9(12)13-10)7-18(2,16)17/h5-6,11,15H,3-4,7H2,1-2H3,(H,13,14). The highest BCUT2D eigenvalue weighted by atomic mass is 79.9. The molecule has 0 aliphatic heterocycles. The van der Waals surface area contributed by atoms with Crippen molar-refractivity contribution in [1.29, 1.82) is 0 Å². The highest BCUT2D eigenvalue weighted by Crippen LogP contribution is 2.18. The number of aliphatic hydroxyl groups excluding tert-OH is 1. The molecule has 0 spiro atoms. The summed E-state index contributed by atoms with van der Waals surface area (Å²) in [4.78, 5) is 4.14. The van der Waals surface area contributed by atoms with Gasteiger partial charge in [0.25, 0.3) is 0 Å². The molecule has 0 saturated carbocycles. The molecule has 0 aliphatic carbocycles. The molecule has 1 aromatic heterocycles. The molecule has 1 rings (SSSR count). The van der Waals surface area contributed by atoms with Crippen LogP contribution in [0.5, 0.6) is 0 Å². The molecule has 0 radical (unpaired) electrons. The van der Waals surface area contributed by atoms with E-state index in [9.17, 15) is 13.5 Å². The molecule has 0 amide bonds. The maximum Gasteiger partial charge on any atom is 0.151 e. The lowest BCUT2D eigenvalue weighted by Gasteiger charge is -2.13. The molecule has 102 valence electrons. The Labute approximate surface area is 116 Å². The van der Waals surface area contributed by atoms with Crippen LogP contribution in [0.25, 0.3) is 0 Å². The highest BCUT2D eigenvalue weighted by molar-refractivity contribution is 9.10. The van der Waals surface area contributed by atoms with Gasteiger partial charge in [0.15, 0.2) is 9.84 Å². The predicted octanol–water partition coefficient (Wildman–Crippen LogP) is 1.92. The van der Waals surface area contributed by atoms with Crippen molar-refractivity contribution in [2.24, 2.45) is 0 Å². The first-order valence-electron chi connectivity index (χ1n) is 5.59. The Morgan fingerprint density at radius 2 is 2.17 bits per heavy atom. The molecular formula is C11H17BrN2O3S. The minimum Gasteiger partial charge on any atom is -0.374 e. The molecule has 0 bridgehead atoms. The van der Waals surface area contributed by atoms with Crippen molar-refractivity contribution in [2.45, 2.75) is 31.7 Å². The van der Waals surface area contributed by atoms with E-state index in [0.29, 0.717) is 22.4 Å². The summed E-state index contributed by atoms with van der Waals surface area (Å²) < 4.78 is 23.0. The van der Waals surface area contributed by atoms with Crippen LogP contribution in [0.1, 0.15) is 25.3 Å². The number of nitrogens with zero attached hydrogens (tertiary/aromatic N) is 1. The fourth-order valence-electron chi connectivity index (χ4n) is 1.53. The molecule has 7 heteroatoms. The zero-order valence-corrected chi connectivity index (χ0v) is 12.8. The van der Waals surface area contributed by atoms with Crippen molar-refractivity contribution in [3.8, 4) is 0 Å². The second kappa shape index (κ2) is 6.49. The largest absolute Gasteiger partial charge is 0.374 e. The van der Waals surface area contributed by atoms with Gasteiger partial charge in [-0.3, -0.25) is 0 Å². The smallest absolute Gasteiger partial charge is 0.151 e. The fraction of sp³-hybridized carbons (Fsp3) is 0.545. The van der Waals surface area contributed by atoms with Crippen LogP contribution in [0, 0.1) is 0 Å². The molecule has 5 nitrogen and oxygen atoms in total. The number of rotatable bonds is 6. The molecule has 0 aliphatic rings. The number of aromatic nitrogens is 1. The number of hydrogen-bond acceptors (Lipinski definition) is 5. The zero-order valence-electron chi connectivity index (χ0n) is 10.4. The zero-order chi connectivity index (χ0) is 13.8. The van der Waals surface area contributed by atoms with Gasteiger partial charge in [-0.05, 0) is 40.0 Å². The first-order chi connectivity index (χ1) is 8.30. The lowest BCUT2D eigenvalue weighted by atomic mass is 10.2. The number of halogens is 1. The van der Waals surface area contributed by atoms with E-state index in [4.69, 9.17) is 0 Å². The average Bonchev–Trinajstić information content (AvgIpc) is 2.13. The summed E-state index contributed by atoms with van der Waals surface area (Å²) in [5, 5.41) is 12.5. The Morgan fingerprint density at radius 1 is 1.50 bits per heavy atom. The van der Waals surface area contributed by atoms with Crippen molar-refractivity contribution in [2.75, 3.05) is 11.6 Å². The SMILES string of the molecule is CCCC(O)Nc1cc(CS(C)(=O)=O)cc(Br)n1. The van der Waals surface area contributed by atoms with Crippen molar-refractivity contribution in [1.82, 2.24) is 4.98 Å². The third kappa shape index (κ3) is 5.79. The van der Waals surface area contributed by atoms with Gasteiger partial charge in [0.05, 0.1) is 5.75 Å². The molecule has 1 unspecified atom stereocenters. The number of hydrogen-bond donors (Lipinski definition) is 2. The van der Waals surface area contributed by atoms with E-state index in [2.05, 4.69) is 26.2 Å². The van der Waals surface area contributed by atoms with Crippen molar-refractivity contribution in [3.63, 3.8) is 0 Å². The van der Waals surface area contributed by atoms with Crippen LogP contribution in [0.3, 0.4) is 0 Å². The number of pyridine rings is 1. The first kappa shape index (κ1) is 15.4. The number of sulfone groups is 1. The first-order valence-corrected chi connectivity index (χ1v) is 8.44. The number of anilines is 1. The minimum atomic E-state index is -3.09. The van der Waals surface area contributed by atoms with Crippen LogP contribution in [-0.4, -0.2) is 31.0 Å². The van der Waals surface area contributed by atoms with Gasteiger partial charge in [-0.2, -0.15) is 0 Å². The topological polar surface area (TPSA) is 79.3 Å². The fourth-order valence-corrected chi connectivity index (χ4v) is 2.78. The second-order valence-corrected chi connectivity index (χ2v) is 7.15. The predicted molar refractivity (Wildman–Crippen MR) is 75.0 cm³/mol. The maximum atomic E-state index is 11.2. The maximum absolute atomic E-state index is 11.2. The lowest BCUT2D eigenvalue weighted by Crippen LogP contribution is -2.19. The normalized spacial score (nSPS) is 13.3. The van der Waals surface area contributed by atoms with Gasteiger partial charge < -0.3 is 10.4 Å². The molecule has 1 aromatic rings. The molecule has 18 heavy (non-hydrogen) atoms. The number of nitrogens with one attached hydrogen (secondary N) is 1. The minimum absolute atomic E-state index is 0.0489. The Morgan fingerprint density at radius 3 is 2.72 bits per heavy atom. The summed E-state index contributed by atoms with van der Waals surface area (Å²) in [6.07, 6.45) is 1.96. The van der Waals surface area contributed by atoms with Gasteiger partial charge in [0.1, 0.15) is 16.6 Å². The quantitative estimate of drug-likeness (QED) is 0.612. The molecular weight excluding hydrogens is 320 g/mol. The molecule has 1 atom stereocenters. The Hall–Kier alpha value is -0.660. The van der Waals surface area contributed by atoms with Gasteiger partial charge in [0.2, 0.25) is 0 Å². The Kier molecular flexibility index (Phi) is 5.55. The third-order valence-electron chi connectivity index (χ3n) is 2.16. The summed E-state index contributed by atoms with van der Waals surface area (Å²) >= 11 is 3.22. The van der Waals surface area contributed by atoms with E-state index < -0.39 is 16.1 Å². The third-order valence-corrected chi connectivity index (χ3v) is 3.42. The number of aliphatic hydroxyl groups is 1. The van der Waals surface area contributed by atoms with E-state index in [1.165, 1.54) is 6.26 Å². The van der Waals surface area contributed by atoms with Crippen LogP contribution in [0.15, 0.2) is 16.7 Å². The van der Waals surface area contributed by atoms with Crippen molar-refractivity contribution < 1.29 is 13.5 Å². The summed E-state index contributed by atoms with van der Waals surface area (Å²) in [5.74, 6) is 0.413. The molecule has 0 aromatic carbocycles. The molecule has 2 N–H and O–H groups in total. The van der Waals surface area contributed by atoms with Gasteiger partial charge in [-0.25, -0.2) is 13.4 Å². The van der Waals surface area contributed by atoms with E-state index in [1.807, 2.05) is 6.92 Å². The van der Waals surface area contributed by atoms with Gasteiger partial charge in [0, 0.05) is 6.26 Å². The molecule has 1 heterocycles.